The average molecular weight is 262 g/mol. The van der Waals surface area contributed by atoms with Crippen LogP contribution in [0.2, 0.25) is 0 Å². The first kappa shape index (κ1) is 13.4. The fourth-order valence-electron chi connectivity index (χ4n) is 2.75. The lowest BCUT2D eigenvalue weighted by atomic mass is 9.96. The zero-order valence-electron chi connectivity index (χ0n) is 10.6. The Kier molecular flexibility index (Phi) is 4.62. The third-order valence-corrected chi connectivity index (χ3v) is 3.71. The van der Waals surface area contributed by atoms with E-state index in [2.05, 4.69) is 47.8 Å². The lowest BCUT2D eigenvalue weighted by molar-refractivity contribution is 0.399. The van der Waals surface area contributed by atoms with E-state index in [0.29, 0.717) is 6.04 Å². The molecule has 0 saturated carbocycles. The minimum atomic E-state index is 0. The van der Waals surface area contributed by atoms with E-state index < -0.39 is 0 Å². The Morgan fingerprint density at radius 1 is 1.00 bits per heavy atom. The summed E-state index contributed by atoms with van der Waals surface area (Å²) in [6.45, 7) is 1.19. The molecule has 2 aromatic carbocycles. The van der Waals surface area contributed by atoms with E-state index in [0.717, 1.165) is 0 Å². The molecule has 0 bridgehead atoms. The predicted octanol–water partition coefficient (Wildman–Crippen LogP) is 3.95. The number of nitrogens with one attached hydrogen (secondary N) is 1. The standard InChI is InChI=1S/C16H19N.ClH/c1-2-6-15-11-13(8-9-14(15)5-1)12-16-7-3-4-10-17-16;/h1-2,5-6,8-9,11,16-17H,3-4,7,10,12H2;1H. The van der Waals surface area contributed by atoms with Gasteiger partial charge in [0, 0.05) is 6.04 Å². The minimum absolute atomic E-state index is 0. The van der Waals surface area contributed by atoms with E-state index >= 15 is 0 Å². The topological polar surface area (TPSA) is 12.0 Å². The molecule has 1 heterocycles. The molecule has 0 aliphatic carbocycles. The Hall–Kier alpha value is -1.05. The van der Waals surface area contributed by atoms with Gasteiger partial charge in [-0.25, -0.2) is 0 Å². The van der Waals surface area contributed by atoms with Crippen LogP contribution < -0.4 is 5.32 Å². The van der Waals surface area contributed by atoms with Gasteiger partial charge in [-0.3, -0.25) is 0 Å². The van der Waals surface area contributed by atoms with Gasteiger partial charge in [0.2, 0.25) is 0 Å². The molecule has 2 aromatic rings. The van der Waals surface area contributed by atoms with Crippen molar-refractivity contribution >= 4 is 23.2 Å². The van der Waals surface area contributed by atoms with Crippen LogP contribution >= 0.6 is 12.4 Å². The van der Waals surface area contributed by atoms with E-state index in [-0.39, 0.29) is 12.4 Å². The largest absolute Gasteiger partial charge is 0.314 e. The molecular weight excluding hydrogens is 242 g/mol. The number of halogens is 1. The molecule has 1 N–H and O–H groups in total. The number of benzene rings is 2. The lowest BCUT2D eigenvalue weighted by Crippen LogP contribution is -2.35. The van der Waals surface area contributed by atoms with Crippen LogP contribution in [0.3, 0.4) is 0 Å². The van der Waals surface area contributed by atoms with Crippen molar-refractivity contribution < 1.29 is 0 Å². The first-order valence-corrected chi connectivity index (χ1v) is 6.63. The van der Waals surface area contributed by atoms with Gasteiger partial charge < -0.3 is 5.32 Å². The summed E-state index contributed by atoms with van der Waals surface area (Å²) >= 11 is 0. The van der Waals surface area contributed by atoms with Gasteiger partial charge in [-0.15, -0.1) is 12.4 Å². The van der Waals surface area contributed by atoms with Crippen molar-refractivity contribution in [1.82, 2.24) is 5.32 Å². The summed E-state index contributed by atoms with van der Waals surface area (Å²) in [5, 5.41) is 6.32. The highest BCUT2D eigenvalue weighted by atomic mass is 35.5. The van der Waals surface area contributed by atoms with Crippen molar-refractivity contribution in [3.63, 3.8) is 0 Å². The second-order valence-corrected chi connectivity index (χ2v) is 5.03. The zero-order chi connectivity index (χ0) is 11.5. The second kappa shape index (κ2) is 6.21. The fraction of sp³-hybridized carbons (Fsp3) is 0.375. The van der Waals surface area contributed by atoms with Crippen LogP contribution in [-0.2, 0) is 6.42 Å². The van der Waals surface area contributed by atoms with E-state index in [9.17, 15) is 0 Å². The number of piperidine rings is 1. The third kappa shape index (κ3) is 3.04. The number of fused-ring (bicyclic) bond motifs is 1. The second-order valence-electron chi connectivity index (χ2n) is 5.03. The van der Waals surface area contributed by atoms with E-state index in [1.54, 1.807) is 0 Å². The summed E-state index contributed by atoms with van der Waals surface area (Å²) in [6.07, 6.45) is 5.22. The van der Waals surface area contributed by atoms with Gasteiger partial charge in [0.15, 0.2) is 0 Å². The van der Waals surface area contributed by atoms with Crippen LogP contribution in [0.25, 0.3) is 10.8 Å². The van der Waals surface area contributed by atoms with E-state index in [4.69, 9.17) is 0 Å². The van der Waals surface area contributed by atoms with Crippen molar-refractivity contribution in [3.8, 4) is 0 Å². The first-order chi connectivity index (χ1) is 8.42. The van der Waals surface area contributed by atoms with Crippen LogP contribution in [0, 0.1) is 0 Å². The van der Waals surface area contributed by atoms with Crippen LogP contribution in [-0.4, -0.2) is 12.6 Å². The van der Waals surface area contributed by atoms with Gasteiger partial charge in [-0.2, -0.15) is 0 Å². The minimum Gasteiger partial charge on any atom is -0.314 e. The maximum atomic E-state index is 3.62. The summed E-state index contributed by atoms with van der Waals surface area (Å²) in [4.78, 5) is 0. The van der Waals surface area contributed by atoms with Crippen molar-refractivity contribution in [2.75, 3.05) is 6.54 Å². The molecule has 1 atom stereocenters. The highest BCUT2D eigenvalue weighted by molar-refractivity contribution is 5.85. The van der Waals surface area contributed by atoms with Crippen LogP contribution in [0.4, 0.5) is 0 Å². The smallest absolute Gasteiger partial charge is 0.0107 e. The molecule has 0 amide bonds. The van der Waals surface area contributed by atoms with Crippen LogP contribution in [0.1, 0.15) is 24.8 Å². The molecule has 0 aromatic heterocycles. The quantitative estimate of drug-likeness (QED) is 0.863. The Bertz CT molecular complexity index is 503. The Morgan fingerprint density at radius 2 is 1.83 bits per heavy atom. The van der Waals surface area contributed by atoms with Crippen LogP contribution in [0.5, 0.6) is 0 Å². The molecule has 1 fully saturated rings. The van der Waals surface area contributed by atoms with Crippen molar-refractivity contribution in [2.45, 2.75) is 31.7 Å². The molecule has 18 heavy (non-hydrogen) atoms. The normalized spacial score (nSPS) is 19.4. The molecule has 2 heteroatoms. The maximum Gasteiger partial charge on any atom is 0.0107 e. The zero-order valence-corrected chi connectivity index (χ0v) is 11.4. The molecule has 1 aliphatic rings. The number of hydrogen-bond donors (Lipinski definition) is 1. The van der Waals surface area contributed by atoms with Crippen molar-refractivity contribution in [1.29, 1.82) is 0 Å². The summed E-state index contributed by atoms with van der Waals surface area (Å²) in [6, 6.07) is 16.1. The Labute approximate surface area is 115 Å². The van der Waals surface area contributed by atoms with Gasteiger partial charge >= 0.3 is 0 Å². The Morgan fingerprint density at radius 3 is 2.61 bits per heavy atom. The molecule has 1 saturated heterocycles. The average Bonchev–Trinajstić information content (AvgIpc) is 2.40. The molecule has 1 nitrogen and oxygen atoms in total. The van der Waals surface area contributed by atoms with Gasteiger partial charge in [0.1, 0.15) is 0 Å². The molecule has 1 unspecified atom stereocenters. The summed E-state index contributed by atoms with van der Waals surface area (Å²) in [5.74, 6) is 0. The SMILES string of the molecule is Cl.c1ccc2cc(CC3CCCCN3)ccc2c1. The van der Waals surface area contributed by atoms with E-state index in [1.165, 1.54) is 48.6 Å². The van der Waals surface area contributed by atoms with Gasteiger partial charge in [-0.05, 0) is 42.1 Å². The molecule has 3 rings (SSSR count). The number of hydrogen-bond acceptors (Lipinski definition) is 1. The molecule has 0 radical (unpaired) electrons. The molecule has 1 aliphatic heterocycles. The highest BCUT2D eigenvalue weighted by Gasteiger charge is 2.12. The maximum absolute atomic E-state index is 3.62. The number of rotatable bonds is 2. The van der Waals surface area contributed by atoms with Gasteiger partial charge in [-0.1, -0.05) is 48.9 Å². The molecule has 96 valence electrons. The third-order valence-electron chi connectivity index (χ3n) is 3.71. The monoisotopic (exact) mass is 261 g/mol. The lowest BCUT2D eigenvalue weighted by Gasteiger charge is -2.23. The van der Waals surface area contributed by atoms with E-state index in [1.807, 2.05) is 0 Å². The Balaban J connectivity index is 0.00000120. The fourth-order valence-corrected chi connectivity index (χ4v) is 2.75. The summed E-state index contributed by atoms with van der Waals surface area (Å²) in [7, 11) is 0. The van der Waals surface area contributed by atoms with Crippen LogP contribution in [0.15, 0.2) is 42.5 Å². The van der Waals surface area contributed by atoms with Gasteiger partial charge in [0.05, 0.1) is 0 Å². The molecular formula is C16H20ClN. The predicted molar refractivity (Wildman–Crippen MR) is 80.5 cm³/mol. The van der Waals surface area contributed by atoms with Crippen molar-refractivity contribution in [3.05, 3.63) is 48.0 Å². The van der Waals surface area contributed by atoms with Gasteiger partial charge in [0.25, 0.3) is 0 Å². The first-order valence-electron chi connectivity index (χ1n) is 6.63. The van der Waals surface area contributed by atoms with Crippen molar-refractivity contribution in [2.24, 2.45) is 0 Å². The summed E-state index contributed by atoms with van der Waals surface area (Å²) < 4.78 is 0. The summed E-state index contributed by atoms with van der Waals surface area (Å²) in [5.41, 5.74) is 1.46. The molecule has 0 spiro atoms. The highest BCUT2D eigenvalue weighted by Crippen LogP contribution is 2.18.